The second-order valence-corrected chi connectivity index (χ2v) is 7.96. The first-order chi connectivity index (χ1) is 14.5. The first-order valence-electron chi connectivity index (χ1n) is 10.4. The first-order valence-corrected chi connectivity index (χ1v) is 10.7. The standard InChI is InChI=1S/C22H28ClN3O4/c1-3-14-30-20-16(7-4-15-5-9-17(23)10-6-15)8-11-18-19(24-20)25(2)22(29)26(12-13-27)21(18)28/h5-6,9-10,16,27H,3-4,7-8,11-14H2,1-2H3. The third-order valence-electron chi connectivity index (χ3n) is 5.39. The van der Waals surface area contributed by atoms with Crippen LogP contribution in [-0.4, -0.2) is 33.4 Å². The van der Waals surface area contributed by atoms with E-state index in [-0.39, 0.29) is 24.6 Å². The SMILES string of the molecule is CCCOC1=Nc2c(c(=O)n(CCO)c(=O)n2C)CCC1CCc1ccc(Cl)cc1. The van der Waals surface area contributed by atoms with Gasteiger partial charge in [0.15, 0.2) is 5.90 Å². The number of aromatic nitrogens is 2. The lowest BCUT2D eigenvalue weighted by Crippen LogP contribution is -2.41. The van der Waals surface area contributed by atoms with Gasteiger partial charge in [-0.1, -0.05) is 30.7 Å². The number of halogens is 1. The Morgan fingerprint density at radius 3 is 2.67 bits per heavy atom. The Balaban J connectivity index is 1.95. The molecule has 0 bridgehead atoms. The summed E-state index contributed by atoms with van der Waals surface area (Å²) in [6.45, 7) is 2.26. The van der Waals surface area contributed by atoms with Crippen LogP contribution in [0.15, 0.2) is 38.8 Å². The third-order valence-corrected chi connectivity index (χ3v) is 5.64. The fraction of sp³-hybridized carbons (Fsp3) is 0.500. The molecule has 1 atom stereocenters. The lowest BCUT2D eigenvalue weighted by Gasteiger charge is -2.18. The largest absolute Gasteiger partial charge is 0.480 e. The number of hydrogen-bond donors (Lipinski definition) is 1. The molecule has 0 saturated carbocycles. The van der Waals surface area contributed by atoms with E-state index in [0.29, 0.717) is 41.8 Å². The summed E-state index contributed by atoms with van der Waals surface area (Å²) in [5, 5.41) is 9.94. The Labute approximate surface area is 180 Å². The molecule has 1 aromatic heterocycles. The van der Waals surface area contributed by atoms with Crippen molar-refractivity contribution < 1.29 is 9.84 Å². The molecule has 1 N–H and O–H groups in total. The maximum Gasteiger partial charge on any atom is 0.332 e. The zero-order valence-electron chi connectivity index (χ0n) is 17.4. The predicted molar refractivity (Wildman–Crippen MR) is 118 cm³/mol. The van der Waals surface area contributed by atoms with Crippen molar-refractivity contribution in [3.05, 3.63) is 61.3 Å². The molecule has 30 heavy (non-hydrogen) atoms. The zero-order valence-corrected chi connectivity index (χ0v) is 18.2. The summed E-state index contributed by atoms with van der Waals surface area (Å²) in [5.41, 5.74) is 0.816. The summed E-state index contributed by atoms with van der Waals surface area (Å²) in [4.78, 5) is 30.1. The van der Waals surface area contributed by atoms with E-state index in [1.54, 1.807) is 7.05 Å². The van der Waals surface area contributed by atoms with Crippen molar-refractivity contribution in [2.24, 2.45) is 18.0 Å². The second-order valence-electron chi connectivity index (χ2n) is 7.52. The van der Waals surface area contributed by atoms with Gasteiger partial charge in [-0.25, -0.2) is 4.79 Å². The smallest absolute Gasteiger partial charge is 0.332 e. The van der Waals surface area contributed by atoms with Crippen LogP contribution in [0.1, 0.15) is 37.3 Å². The molecule has 0 radical (unpaired) electrons. The van der Waals surface area contributed by atoms with E-state index in [0.717, 1.165) is 23.8 Å². The van der Waals surface area contributed by atoms with Crippen molar-refractivity contribution >= 4 is 23.3 Å². The van der Waals surface area contributed by atoms with Gasteiger partial charge in [-0.05, 0) is 49.8 Å². The molecule has 0 saturated heterocycles. The molecule has 0 aliphatic carbocycles. The Kier molecular flexibility index (Phi) is 7.50. The highest BCUT2D eigenvalue weighted by atomic mass is 35.5. The number of nitrogens with zero attached hydrogens (tertiary/aromatic N) is 3. The minimum Gasteiger partial charge on any atom is -0.480 e. The minimum atomic E-state index is -0.481. The molecular weight excluding hydrogens is 406 g/mol. The number of hydrogen-bond acceptors (Lipinski definition) is 5. The lowest BCUT2D eigenvalue weighted by atomic mass is 9.94. The number of rotatable bonds is 7. The maximum atomic E-state index is 12.9. The van der Waals surface area contributed by atoms with Crippen LogP contribution in [0.5, 0.6) is 0 Å². The quantitative estimate of drug-likeness (QED) is 0.727. The molecule has 1 unspecified atom stereocenters. The van der Waals surface area contributed by atoms with E-state index in [1.807, 2.05) is 31.2 Å². The van der Waals surface area contributed by atoms with Crippen LogP contribution in [0.3, 0.4) is 0 Å². The van der Waals surface area contributed by atoms with Crippen LogP contribution in [0, 0.1) is 5.92 Å². The number of benzene rings is 1. The monoisotopic (exact) mass is 433 g/mol. The van der Waals surface area contributed by atoms with Gasteiger partial charge < -0.3 is 9.84 Å². The number of aliphatic imine (C=N–C) groups is 1. The molecule has 1 aliphatic rings. The highest BCUT2D eigenvalue weighted by Crippen LogP contribution is 2.27. The van der Waals surface area contributed by atoms with Crippen LogP contribution < -0.4 is 11.2 Å². The van der Waals surface area contributed by atoms with Crippen molar-refractivity contribution in [2.45, 2.75) is 45.6 Å². The van der Waals surface area contributed by atoms with Crippen LogP contribution in [0.25, 0.3) is 0 Å². The molecule has 162 valence electrons. The highest BCUT2D eigenvalue weighted by Gasteiger charge is 2.26. The molecular formula is C22H28ClN3O4. The maximum absolute atomic E-state index is 12.9. The van der Waals surface area contributed by atoms with Crippen LogP contribution in [0.2, 0.25) is 5.02 Å². The molecule has 8 heteroatoms. The summed E-state index contributed by atoms with van der Waals surface area (Å²) in [6, 6.07) is 7.77. The van der Waals surface area contributed by atoms with Gasteiger partial charge >= 0.3 is 5.69 Å². The van der Waals surface area contributed by atoms with Crippen molar-refractivity contribution in [1.82, 2.24) is 9.13 Å². The van der Waals surface area contributed by atoms with Gasteiger partial charge in [0.25, 0.3) is 5.56 Å². The first kappa shape index (κ1) is 22.3. The topological polar surface area (TPSA) is 85.8 Å². The highest BCUT2D eigenvalue weighted by molar-refractivity contribution is 6.30. The van der Waals surface area contributed by atoms with Crippen molar-refractivity contribution in [1.29, 1.82) is 0 Å². The average molecular weight is 434 g/mol. The molecule has 0 fully saturated rings. The molecule has 1 aliphatic heterocycles. The predicted octanol–water partition coefficient (Wildman–Crippen LogP) is 2.84. The van der Waals surface area contributed by atoms with Crippen molar-refractivity contribution in [2.75, 3.05) is 13.2 Å². The van der Waals surface area contributed by atoms with Crippen LogP contribution >= 0.6 is 11.6 Å². The number of ether oxygens (including phenoxy) is 1. The Hall–Kier alpha value is -2.38. The fourth-order valence-electron chi connectivity index (χ4n) is 3.73. The molecule has 2 heterocycles. The number of aryl methyl sites for hydroxylation is 1. The van der Waals surface area contributed by atoms with Gasteiger partial charge in [-0.15, -0.1) is 0 Å². The van der Waals surface area contributed by atoms with Gasteiger partial charge in [0.1, 0.15) is 5.82 Å². The van der Waals surface area contributed by atoms with Gasteiger partial charge in [-0.3, -0.25) is 13.9 Å². The summed E-state index contributed by atoms with van der Waals surface area (Å²) in [6.07, 6.45) is 3.70. The fourth-order valence-corrected chi connectivity index (χ4v) is 3.86. The molecule has 3 rings (SSSR count). The van der Waals surface area contributed by atoms with Gasteiger partial charge in [-0.2, -0.15) is 4.99 Å². The van der Waals surface area contributed by atoms with Crippen molar-refractivity contribution in [3.63, 3.8) is 0 Å². The number of aliphatic hydroxyl groups is 1. The Bertz CT molecular complexity index is 1020. The molecule has 0 spiro atoms. The number of fused-ring (bicyclic) bond motifs is 1. The van der Waals surface area contributed by atoms with E-state index >= 15 is 0 Å². The van der Waals surface area contributed by atoms with E-state index in [2.05, 4.69) is 4.99 Å². The zero-order chi connectivity index (χ0) is 21.7. The Morgan fingerprint density at radius 1 is 1.27 bits per heavy atom. The Morgan fingerprint density at radius 2 is 2.00 bits per heavy atom. The van der Waals surface area contributed by atoms with Crippen molar-refractivity contribution in [3.8, 4) is 0 Å². The van der Waals surface area contributed by atoms with Crippen LogP contribution in [0.4, 0.5) is 5.82 Å². The van der Waals surface area contributed by atoms with Gasteiger partial charge in [0.2, 0.25) is 0 Å². The minimum absolute atomic E-state index is 0.0261. The molecule has 1 aromatic carbocycles. The molecule has 2 aromatic rings. The molecule has 0 amide bonds. The average Bonchev–Trinajstić information content (AvgIpc) is 2.93. The summed E-state index contributed by atoms with van der Waals surface area (Å²) < 4.78 is 8.42. The van der Waals surface area contributed by atoms with E-state index in [1.165, 1.54) is 10.1 Å². The normalized spacial score (nSPS) is 16.0. The summed E-state index contributed by atoms with van der Waals surface area (Å²) >= 11 is 5.98. The van der Waals surface area contributed by atoms with Crippen LogP contribution in [-0.2, 0) is 31.2 Å². The summed E-state index contributed by atoms with van der Waals surface area (Å²) in [7, 11) is 1.60. The summed E-state index contributed by atoms with van der Waals surface area (Å²) in [5.74, 6) is 0.985. The lowest BCUT2D eigenvalue weighted by molar-refractivity contribution is 0.270. The van der Waals surface area contributed by atoms with E-state index < -0.39 is 5.69 Å². The van der Waals surface area contributed by atoms with E-state index in [9.17, 15) is 14.7 Å². The van der Waals surface area contributed by atoms with Gasteiger partial charge in [0.05, 0.1) is 25.3 Å². The van der Waals surface area contributed by atoms with Gasteiger partial charge in [0, 0.05) is 18.0 Å². The van der Waals surface area contributed by atoms with E-state index in [4.69, 9.17) is 16.3 Å². The molecule has 7 nitrogen and oxygen atoms in total. The second kappa shape index (κ2) is 10.1. The number of aliphatic hydroxyl groups excluding tert-OH is 1. The third kappa shape index (κ3) is 4.84.